The molecule has 0 radical (unpaired) electrons. The maximum absolute atomic E-state index is 13.4. The summed E-state index contributed by atoms with van der Waals surface area (Å²) in [6.45, 7) is 2.07. The number of Topliss-reactive ketones (excluding diaryl/α,β-unsaturated/α-hetero) is 1. The summed E-state index contributed by atoms with van der Waals surface area (Å²) in [5.41, 5.74) is 3.12. The summed E-state index contributed by atoms with van der Waals surface area (Å²) in [7, 11) is 1.57. The van der Waals surface area contributed by atoms with Crippen LogP contribution in [-0.4, -0.2) is 18.9 Å². The molecule has 0 aromatic heterocycles. The van der Waals surface area contributed by atoms with Crippen molar-refractivity contribution in [1.29, 1.82) is 0 Å². The number of ether oxygens (including phenoxy) is 2. The number of urea groups is 1. The van der Waals surface area contributed by atoms with E-state index in [0.29, 0.717) is 45.5 Å². The summed E-state index contributed by atoms with van der Waals surface area (Å²) < 4.78 is 11.5. The highest BCUT2D eigenvalue weighted by Gasteiger charge is 2.32. The molecular weight excluding hydrogens is 440 g/mol. The number of carbonyl (C=O) groups excluding carboxylic acids is 2. The molecule has 0 bridgehead atoms. The van der Waals surface area contributed by atoms with Gasteiger partial charge in [-0.15, -0.1) is 0 Å². The highest BCUT2D eigenvalue weighted by molar-refractivity contribution is 6.30. The van der Waals surface area contributed by atoms with E-state index in [-0.39, 0.29) is 11.8 Å². The zero-order valence-corrected chi connectivity index (χ0v) is 19.0. The highest BCUT2D eigenvalue weighted by atomic mass is 35.5. The first-order chi connectivity index (χ1) is 16.0. The van der Waals surface area contributed by atoms with Crippen molar-refractivity contribution in [2.45, 2.75) is 19.6 Å². The van der Waals surface area contributed by atoms with E-state index in [4.69, 9.17) is 21.1 Å². The fraction of sp³-hybridized carbons (Fsp3) is 0.154. The summed E-state index contributed by atoms with van der Waals surface area (Å²) in [6.07, 6.45) is 0. The van der Waals surface area contributed by atoms with Gasteiger partial charge < -0.3 is 20.1 Å². The molecule has 2 N–H and O–H groups in total. The van der Waals surface area contributed by atoms with Crippen LogP contribution >= 0.6 is 11.6 Å². The van der Waals surface area contributed by atoms with Crippen LogP contribution in [0.3, 0.4) is 0 Å². The van der Waals surface area contributed by atoms with Crippen LogP contribution in [0.2, 0.25) is 5.02 Å². The average Bonchev–Trinajstić information content (AvgIpc) is 2.83. The lowest BCUT2D eigenvalue weighted by molar-refractivity contribution is 0.102. The molecule has 0 saturated heterocycles. The first kappa shape index (κ1) is 22.4. The molecule has 3 aromatic rings. The van der Waals surface area contributed by atoms with Gasteiger partial charge in [0.05, 0.1) is 13.2 Å². The van der Waals surface area contributed by atoms with Crippen LogP contribution in [0.15, 0.2) is 84.1 Å². The summed E-state index contributed by atoms with van der Waals surface area (Å²) >= 11 is 5.98. The first-order valence-electron chi connectivity index (χ1n) is 10.4. The lowest BCUT2D eigenvalue weighted by Crippen LogP contribution is -2.45. The minimum absolute atomic E-state index is 0.204. The summed E-state index contributed by atoms with van der Waals surface area (Å²) in [6, 6.07) is 20.8. The molecule has 1 aliphatic rings. The summed E-state index contributed by atoms with van der Waals surface area (Å²) in [5.74, 6) is 0.869. The third-order valence-corrected chi connectivity index (χ3v) is 5.63. The Kier molecular flexibility index (Phi) is 6.66. The normalized spacial score (nSPS) is 15.5. The number of hydrogen-bond donors (Lipinski definition) is 2. The number of amides is 2. The van der Waals surface area contributed by atoms with Crippen LogP contribution in [0.1, 0.15) is 34.5 Å². The van der Waals surface area contributed by atoms with E-state index in [2.05, 4.69) is 10.6 Å². The Morgan fingerprint density at radius 1 is 1.00 bits per heavy atom. The number of ketones is 1. The lowest BCUT2D eigenvalue weighted by atomic mass is 9.89. The van der Waals surface area contributed by atoms with Crippen LogP contribution in [0.25, 0.3) is 0 Å². The molecule has 0 saturated carbocycles. The van der Waals surface area contributed by atoms with Crippen molar-refractivity contribution in [3.8, 4) is 11.5 Å². The molecule has 6 nitrogen and oxygen atoms in total. The molecular formula is C26H23ClN2O4. The minimum atomic E-state index is -0.660. The Bertz CT molecular complexity index is 1210. The summed E-state index contributed by atoms with van der Waals surface area (Å²) in [4.78, 5) is 25.7. The molecule has 168 valence electrons. The number of halogens is 1. The molecule has 1 aliphatic heterocycles. The van der Waals surface area contributed by atoms with E-state index in [1.165, 1.54) is 0 Å². The van der Waals surface area contributed by atoms with Crippen LogP contribution < -0.4 is 20.1 Å². The molecule has 2 amide bonds. The smallest absolute Gasteiger partial charge is 0.319 e. The Morgan fingerprint density at radius 2 is 1.73 bits per heavy atom. The van der Waals surface area contributed by atoms with Gasteiger partial charge in [0.25, 0.3) is 0 Å². The van der Waals surface area contributed by atoms with Gasteiger partial charge >= 0.3 is 6.03 Å². The molecule has 4 rings (SSSR count). The maximum atomic E-state index is 13.4. The Hall–Kier alpha value is -3.77. The molecule has 0 fully saturated rings. The van der Waals surface area contributed by atoms with Gasteiger partial charge in [0.15, 0.2) is 17.3 Å². The molecule has 0 spiro atoms. The van der Waals surface area contributed by atoms with E-state index in [0.717, 1.165) is 5.56 Å². The molecule has 7 heteroatoms. The van der Waals surface area contributed by atoms with E-state index in [9.17, 15) is 9.59 Å². The van der Waals surface area contributed by atoms with Crippen molar-refractivity contribution in [3.05, 3.63) is 106 Å². The van der Waals surface area contributed by atoms with Gasteiger partial charge in [-0.3, -0.25) is 4.79 Å². The SMILES string of the molecule is COc1ccc([C@H]2NC(=O)NC(C)=C2C(=O)c2ccc(Cl)cc2)cc1OCc1ccccc1. The van der Waals surface area contributed by atoms with Gasteiger partial charge in [0.1, 0.15) is 6.61 Å². The van der Waals surface area contributed by atoms with Gasteiger partial charge in [0, 0.05) is 21.9 Å². The fourth-order valence-corrected chi connectivity index (χ4v) is 3.85. The van der Waals surface area contributed by atoms with Crippen LogP contribution in [0.4, 0.5) is 4.79 Å². The Labute approximate surface area is 197 Å². The van der Waals surface area contributed by atoms with Crippen molar-refractivity contribution in [3.63, 3.8) is 0 Å². The lowest BCUT2D eigenvalue weighted by Gasteiger charge is -2.29. The van der Waals surface area contributed by atoms with Crippen molar-refractivity contribution < 1.29 is 19.1 Å². The number of allylic oxidation sites excluding steroid dienone is 1. The quantitative estimate of drug-likeness (QED) is 0.458. The number of benzene rings is 3. The molecule has 0 aliphatic carbocycles. The van der Waals surface area contributed by atoms with Gasteiger partial charge in [0.2, 0.25) is 0 Å². The van der Waals surface area contributed by atoms with Crippen molar-refractivity contribution in [2.24, 2.45) is 0 Å². The zero-order valence-electron chi connectivity index (χ0n) is 18.2. The van der Waals surface area contributed by atoms with Crippen molar-refractivity contribution in [2.75, 3.05) is 7.11 Å². The maximum Gasteiger partial charge on any atom is 0.319 e. The summed E-state index contributed by atoms with van der Waals surface area (Å²) in [5, 5.41) is 6.11. The fourth-order valence-electron chi connectivity index (χ4n) is 3.72. The van der Waals surface area contributed by atoms with E-state index >= 15 is 0 Å². The van der Waals surface area contributed by atoms with Crippen molar-refractivity contribution >= 4 is 23.4 Å². The van der Waals surface area contributed by atoms with E-state index in [1.807, 2.05) is 36.4 Å². The van der Waals surface area contributed by atoms with Gasteiger partial charge in [-0.05, 0) is 54.4 Å². The van der Waals surface area contributed by atoms with Crippen LogP contribution in [0.5, 0.6) is 11.5 Å². The number of methoxy groups -OCH3 is 1. The first-order valence-corrected chi connectivity index (χ1v) is 10.8. The number of carbonyl (C=O) groups is 2. The monoisotopic (exact) mass is 462 g/mol. The van der Waals surface area contributed by atoms with Crippen LogP contribution in [0, 0.1) is 0 Å². The predicted molar refractivity (Wildman–Crippen MR) is 127 cm³/mol. The molecule has 1 atom stereocenters. The molecule has 33 heavy (non-hydrogen) atoms. The Balaban J connectivity index is 1.69. The van der Waals surface area contributed by atoms with Gasteiger partial charge in [-0.2, -0.15) is 0 Å². The second-order valence-electron chi connectivity index (χ2n) is 7.59. The number of rotatable bonds is 7. The molecule has 1 heterocycles. The van der Waals surface area contributed by atoms with Crippen molar-refractivity contribution in [1.82, 2.24) is 10.6 Å². The molecule has 3 aromatic carbocycles. The third-order valence-electron chi connectivity index (χ3n) is 5.38. The van der Waals surface area contributed by atoms with Gasteiger partial charge in [-0.25, -0.2) is 4.79 Å². The second kappa shape index (κ2) is 9.79. The molecule has 0 unspecified atom stereocenters. The zero-order chi connectivity index (χ0) is 23.4. The van der Waals surface area contributed by atoms with E-state index in [1.54, 1.807) is 50.4 Å². The topological polar surface area (TPSA) is 76.7 Å². The average molecular weight is 463 g/mol. The number of nitrogens with one attached hydrogen (secondary N) is 2. The second-order valence-corrected chi connectivity index (χ2v) is 8.03. The predicted octanol–water partition coefficient (Wildman–Crippen LogP) is 5.44. The largest absolute Gasteiger partial charge is 0.493 e. The standard InChI is InChI=1S/C26H23ClN2O4/c1-16-23(25(30)18-8-11-20(27)12-9-18)24(29-26(31)28-16)19-10-13-21(32-2)22(14-19)33-15-17-6-4-3-5-7-17/h3-14,24H,15H2,1-2H3,(H2,28,29,31)/t24-/m1/s1. The van der Waals surface area contributed by atoms with Crippen LogP contribution in [-0.2, 0) is 6.61 Å². The third kappa shape index (κ3) is 5.02. The van der Waals surface area contributed by atoms with E-state index < -0.39 is 6.04 Å². The highest BCUT2D eigenvalue weighted by Crippen LogP contribution is 2.35. The Morgan fingerprint density at radius 3 is 2.42 bits per heavy atom. The van der Waals surface area contributed by atoms with Gasteiger partial charge in [-0.1, -0.05) is 48.0 Å². The minimum Gasteiger partial charge on any atom is -0.493 e. The number of hydrogen-bond acceptors (Lipinski definition) is 4.